The number of aliphatic hydroxyl groups excluding tert-OH is 1. The van der Waals surface area contributed by atoms with Gasteiger partial charge >= 0.3 is 0 Å². The van der Waals surface area contributed by atoms with Crippen molar-refractivity contribution in [2.75, 3.05) is 0 Å². The smallest absolute Gasteiger partial charge is 0.143 e. The summed E-state index contributed by atoms with van der Waals surface area (Å²) >= 11 is 0. The lowest BCUT2D eigenvalue weighted by molar-refractivity contribution is -0.912. The van der Waals surface area contributed by atoms with Gasteiger partial charge in [0, 0.05) is 0 Å². The Morgan fingerprint density at radius 1 is 1.25 bits per heavy atom. The molecule has 0 spiro atoms. The molecule has 0 aromatic heterocycles. The summed E-state index contributed by atoms with van der Waals surface area (Å²) in [5, 5.41) is 18.3. The molecule has 66 valence electrons. The van der Waals surface area contributed by atoms with Crippen molar-refractivity contribution in [3.8, 4) is 0 Å². The zero-order chi connectivity index (χ0) is 8.97. The van der Waals surface area contributed by atoms with E-state index in [1.54, 1.807) is 6.92 Å². The third-order valence-corrected chi connectivity index (χ3v) is 1.87. The Morgan fingerprint density at radius 2 is 1.83 bits per heavy atom. The first-order chi connectivity index (χ1) is 5.75. The van der Waals surface area contributed by atoms with E-state index >= 15 is 0 Å². The number of hydrogen-bond donors (Lipinski definition) is 3. The van der Waals surface area contributed by atoms with Crippen LogP contribution in [-0.2, 0) is 0 Å². The van der Waals surface area contributed by atoms with Crippen LogP contribution in [-0.4, -0.2) is 16.4 Å². The van der Waals surface area contributed by atoms with E-state index in [0.29, 0.717) is 0 Å². The Bertz CT molecular complexity index is 225. The molecule has 1 aromatic rings. The fraction of sp³-hybridized carbons (Fsp3) is 0.333. The first-order valence-corrected chi connectivity index (χ1v) is 3.96. The van der Waals surface area contributed by atoms with Crippen LogP contribution in [0.2, 0.25) is 0 Å². The Labute approximate surface area is 71.6 Å². The number of nitrogens with two attached hydrogens (primary N) is 1. The van der Waals surface area contributed by atoms with Crippen LogP contribution in [0.3, 0.4) is 0 Å². The lowest BCUT2D eigenvalue weighted by atomic mass is 10.0. The maximum atomic E-state index is 9.60. The first kappa shape index (κ1) is 9.19. The first-order valence-electron chi connectivity index (χ1n) is 3.96. The second-order valence-corrected chi connectivity index (χ2v) is 2.86. The molecule has 0 amide bonds. The van der Waals surface area contributed by atoms with Crippen LogP contribution >= 0.6 is 0 Å². The minimum absolute atomic E-state index is 0.229. The highest BCUT2D eigenvalue weighted by atomic mass is 16.5. The van der Waals surface area contributed by atoms with E-state index in [4.69, 9.17) is 5.21 Å². The van der Waals surface area contributed by atoms with Gasteiger partial charge in [-0.2, -0.15) is 5.48 Å². The fourth-order valence-electron chi connectivity index (χ4n) is 1.04. The van der Waals surface area contributed by atoms with E-state index in [1.807, 2.05) is 30.3 Å². The predicted octanol–water partition coefficient (Wildman–Crippen LogP) is 0.0611. The highest BCUT2D eigenvalue weighted by Gasteiger charge is 2.17. The summed E-state index contributed by atoms with van der Waals surface area (Å²) in [6, 6.07) is 9.07. The Morgan fingerprint density at radius 3 is 2.33 bits per heavy atom. The van der Waals surface area contributed by atoms with Crippen molar-refractivity contribution in [2.45, 2.75) is 19.1 Å². The van der Waals surface area contributed by atoms with Gasteiger partial charge in [-0.15, -0.1) is 0 Å². The van der Waals surface area contributed by atoms with Gasteiger partial charge in [0.15, 0.2) is 0 Å². The molecule has 0 aliphatic carbocycles. The molecule has 0 bridgehead atoms. The molecule has 2 atom stereocenters. The lowest BCUT2D eigenvalue weighted by Gasteiger charge is -2.13. The van der Waals surface area contributed by atoms with E-state index in [-0.39, 0.29) is 6.04 Å². The molecule has 12 heavy (non-hydrogen) atoms. The van der Waals surface area contributed by atoms with Gasteiger partial charge in [0.05, 0.1) is 0 Å². The summed E-state index contributed by atoms with van der Waals surface area (Å²) in [6.45, 7) is 1.76. The Kier molecular flexibility index (Phi) is 3.22. The van der Waals surface area contributed by atoms with Gasteiger partial charge in [0.2, 0.25) is 0 Å². The maximum absolute atomic E-state index is 9.60. The molecule has 0 radical (unpaired) electrons. The normalized spacial score (nSPS) is 15.6. The summed E-state index contributed by atoms with van der Waals surface area (Å²) in [4.78, 5) is 0. The van der Waals surface area contributed by atoms with E-state index in [0.717, 1.165) is 11.0 Å². The van der Waals surface area contributed by atoms with Crippen molar-refractivity contribution in [2.24, 2.45) is 0 Å². The van der Waals surface area contributed by atoms with Crippen molar-refractivity contribution in [1.82, 2.24) is 0 Å². The molecule has 1 rings (SSSR count). The van der Waals surface area contributed by atoms with Crippen LogP contribution in [0, 0.1) is 0 Å². The summed E-state index contributed by atoms with van der Waals surface area (Å²) in [6.07, 6.45) is -0.615. The summed E-state index contributed by atoms with van der Waals surface area (Å²) < 4.78 is 0. The minimum Gasteiger partial charge on any atom is -0.382 e. The molecule has 0 fully saturated rings. The highest BCUT2D eigenvalue weighted by molar-refractivity contribution is 5.17. The van der Waals surface area contributed by atoms with Crippen molar-refractivity contribution in [1.29, 1.82) is 0 Å². The van der Waals surface area contributed by atoms with Crippen LogP contribution in [0.25, 0.3) is 0 Å². The van der Waals surface area contributed by atoms with Gasteiger partial charge in [-0.05, 0) is 12.5 Å². The van der Waals surface area contributed by atoms with Gasteiger partial charge in [-0.3, -0.25) is 0 Å². The topological polar surface area (TPSA) is 57.1 Å². The van der Waals surface area contributed by atoms with E-state index in [9.17, 15) is 5.11 Å². The standard InChI is InChI=1S/C9H13NO2/c1-7(10-12)9(11)8-5-3-2-4-6-8/h2-7,9-12H,1H3/p+1/t7-,9-/m1/s1. The molecule has 0 saturated heterocycles. The molecule has 0 aliphatic heterocycles. The van der Waals surface area contributed by atoms with Crippen LogP contribution < -0.4 is 5.48 Å². The molecule has 3 heteroatoms. The molecular formula is C9H14NO2+. The van der Waals surface area contributed by atoms with Crippen molar-refractivity contribution in [3.05, 3.63) is 35.9 Å². The number of hydroxylamine groups is 1. The van der Waals surface area contributed by atoms with Crippen LogP contribution in [0.5, 0.6) is 0 Å². The monoisotopic (exact) mass is 168 g/mol. The number of quaternary nitrogens is 1. The molecule has 0 heterocycles. The quantitative estimate of drug-likeness (QED) is 0.559. The second kappa shape index (κ2) is 4.21. The van der Waals surface area contributed by atoms with Gasteiger partial charge in [-0.25, -0.2) is 5.21 Å². The number of aliphatic hydroxyl groups is 1. The van der Waals surface area contributed by atoms with Gasteiger partial charge in [-0.1, -0.05) is 30.3 Å². The molecule has 0 aliphatic rings. The maximum Gasteiger partial charge on any atom is 0.143 e. The number of hydrogen-bond acceptors (Lipinski definition) is 2. The number of rotatable bonds is 3. The van der Waals surface area contributed by atoms with E-state index in [2.05, 4.69) is 0 Å². The lowest BCUT2D eigenvalue weighted by Crippen LogP contribution is -2.87. The Balaban J connectivity index is 2.71. The molecule has 4 N–H and O–H groups in total. The van der Waals surface area contributed by atoms with Gasteiger partial charge in [0.25, 0.3) is 0 Å². The average Bonchev–Trinajstić information content (AvgIpc) is 2.17. The van der Waals surface area contributed by atoms with Crippen molar-refractivity contribution >= 4 is 0 Å². The molecule has 1 aromatic carbocycles. The summed E-state index contributed by atoms with van der Waals surface area (Å²) in [7, 11) is 0. The SMILES string of the molecule is C[C@@H]([NH2+]O)[C@@H](O)c1ccccc1. The van der Waals surface area contributed by atoms with E-state index in [1.165, 1.54) is 0 Å². The third kappa shape index (κ3) is 2.04. The Hall–Kier alpha value is -0.900. The van der Waals surface area contributed by atoms with Gasteiger partial charge < -0.3 is 5.11 Å². The zero-order valence-electron chi connectivity index (χ0n) is 7.01. The van der Waals surface area contributed by atoms with Gasteiger partial charge in [0.1, 0.15) is 12.1 Å². The average molecular weight is 168 g/mol. The number of benzene rings is 1. The van der Waals surface area contributed by atoms with Crippen molar-refractivity contribution in [3.63, 3.8) is 0 Å². The molecule has 0 unspecified atom stereocenters. The van der Waals surface area contributed by atoms with Crippen LogP contribution in [0.1, 0.15) is 18.6 Å². The highest BCUT2D eigenvalue weighted by Crippen LogP contribution is 2.13. The third-order valence-electron chi connectivity index (χ3n) is 1.87. The second-order valence-electron chi connectivity index (χ2n) is 2.86. The largest absolute Gasteiger partial charge is 0.382 e. The molecule has 3 nitrogen and oxygen atoms in total. The predicted molar refractivity (Wildman–Crippen MR) is 44.6 cm³/mol. The summed E-state index contributed by atoms with van der Waals surface area (Å²) in [5.74, 6) is 0. The fourth-order valence-corrected chi connectivity index (χ4v) is 1.04. The molecular weight excluding hydrogens is 154 g/mol. The minimum atomic E-state index is -0.615. The van der Waals surface area contributed by atoms with Crippen LogP contribution in [0.4, 0.5) is 0 Å². The van der Waals surface area contributed by atoms with Crippen LogP contribution in [0.15, 0.2) is 30.3 Å². The summed E-state index contributed by atoms with van der Waals surface area (Å²) in [5.41, 5.74) is 1.84. The van der Waals surface area contributed by atoms with E-state index < -0.39 is 6.10 Å². The van der Waals surface area contributed by atoms with Crippen molar-refractivity contribution < 1.29 is 15.8 Å². The molecule has 0 saturated carbocycles. The zero-order valence-corrected chi connectivity index (χ0v) is 7.01.